The van der Waals surface area contributed by atoms with Gasteiger partial charge in [-0.1, -0.05) is 27.7 Å². The van der Waals surface area contributed by atoms with Crippen LogP contribution >= 0.6 is 0 Å². The molecule has 132 valence electrons. The molecule has 1 aliphatic rings. The molecule has 0 aromatic carbocycles. The minimum absolute atomic E-state index is 0.00000220. The van der Waals surface area contributed by atoms with Crippen LogP contribution in [0.15, 0.2) is 0 Å². The fourth-order valence-electron chi connectivity index (χ4n) is 2.01. The van der Waals surface area contributed by atoms with Gasteiger partial charge in [-0.3, -0.25) is 14.4 Å². The highest BCUT2D eigenvalue weighted by Crippen LogP contribution is 2.25. The maximum Gasteiger partial charge on any atom is 0.308 e. The van der Waals surface area contributed by atoms with Crippen molar-refractivity contribution in [3.63, 3.8) is 0 Å². The van der Waals surface area contributed by atoms with Gasteiger partial charge in [0.1, 0.15) is 25.4 Å². The standard InChI is InChI=1S/C16H26O7/c1-9(2)15(18)21-7-12-6-13(23-16(19)10(3)4)14(22-12)8-20-11(5)17/h9-10,12-14H,6-8H2,1-5H3/t12-,13-,14+/m0/s1. The molecule has 3 atom stereocenters. The molecule has 1 aliphatic heterocycles. The summed E-state index contributed by atoms with van der Waals surface area (Å²) in [5.74, 6) is -1.57. The van der Waals surface area contributed by atoms with Crippen LogP contribution in [0.25, 0.3) is 0 Å². The zero-order valence-electron chi connectivity index (χ0n) is 14.4. The maximum atomic E-state index is 11.8. The Morgan fingerprint density at radius 3 is 2.13 bits per heavy atom. The molecule has 0 bridgehead atoms. The van der Waals surface area contributed by atoms with E-state index in [-0.39, 0.29) is 43.1 Å². The minimum Gasteiger partial charge on any atom is -0.463 e. The Kier molecular flexibility index (Phi) is 7.48. The molecular weight excluding hydrogens is 304 g/mol. The van der Waals surface area contributed by atoms with E-state index >= 15 is 0 Å². The Hall–Kier alpha value is -1.63. The molecule has 0 spiro atoms. The fraction of sp³-hybridized carbons (Fsp3) is 0.812. The summed E-state index contributed by atoms with van der Waals surface area (Å²) in [6.45, 7) is 8.35. The van der Waals surface area contributed by atoms with Crippen molar-refractivity contribution < 1.29 is 33.3 Å². The van der Waals surface area contributed by atoms with Crippen LogP contribution in [-0.4, -0.2) is 49.4 Å². The monoisotopic (exact) mass is 330 g/mol. The molecule has 0 N–H and O–H groups in total. The molecular formula is C16H26O7. The first-order valence-electron chi connectivity index (χ1n) is 7.86. The van der Waals surface area contributed by atoms with Crippen LogP contribution in [-0.2, 0) is 33.3 Å². The lowest BCUT2D eigenvalue weighted by Crippen LogP contribution is -2.33. The summed E-state index contributed by atoms with van der Waals surface area (Å²) in [6.07, 6.45) is -1.06. The number of hydrogen-bond acceptors (Lipinski definition) is 7. The molecule has 1 fully saturated rings. The Morgan fingerprint density at radius 2 is 1.61 bits per heavy atom. The lowest BCUT2D eigenvalue weighted by atomic mass is 10.1. The van der Waals surface area contributed by atoms with Gasteiger partial charge in [0.15, 0.2) is 0 Å². The van der Waals surface area contributed by atoms with Crippen molar-refractivity contribution in [3.8, 4) is 0 Å². The normalized spacial score (nSPS) is 23.9. The van der Waals surface area contributed by atoms with Crippen molar-refractivity contribution in [2.24, 2.45) is 11.8 Å². The molecule has 0 aromatic heterocycles. The van der Waals surface area contributed by atoms with Crippen LogP contribution in [0, 0.1) is 11.8 Å². The van der Waals surface area contributed by atoms with Crippen molar-refractivity contribution in [2.45, 2.75) is 59.4 Å². The number of ether oxygens (including phenoxy) is 4. The molecule has 0 aromatic rings. The van der Waals surface area contributed by atoms with E-state index in [0.717, 1.165) is 0 Å². The Balaban J connectivity index is 2.59. The van der Waals surface area contributed by atoms with Gasteiger partial charge in [0.25, 0.3) is 0 Å². The Labute approximate surface area is 136 Å². The van der Waals surface area contributed by atoms with Crippen molar-refractivity contribution in [3.05, 3.63) is 0 Å². The third kappa shape index (κ3) is 6.56. The van der Waals surface area contributed by atoms with Gasteiger partial charge < -0.3 is 18.9 Å². The van der Waals surface area contributed by atoms with Crippen molar-refractivity contribution >= 4 is 17.9 Å². The highest BCUT2D eigenvalue weighted by Gasteiger charge is 2.39. The predicted molar refractivity (Wildman–Crippen MR) is 80.4 cm³/mol. The number of esters is 3. The largest absolute Gasteiger partial charge is 0.463 e. The Morgan fingerprint density at radius 1 is 1.00 bits per heavy atom. The van der Waals surface area contributed by atoms with E-state index in [9.17, 15) is 14.4 Å². The van der Waals surface area contributed by atoms with Crippen molar-refractivity contribution in [1.29, 1.82) is 0 Å². The van der Waals surface area contributed by atoms with Crippen LogP contribution in [0.1, 0.15) is 41.0 Å². The summed E-state index contributed by atoms with van der Waals surface area (Å²) >= 11 is 0. The topological polar surface area (TPSA) is 88.1 Å². The van der Waals surface area contributed by atoms with E-state index in [1.165, 1.54) is 6.92 Å². The first-order valence-corrected chi connectivity index (χ1v) is 7.86. The van der Waals surface area contributed by atoms with Gasteiger partial charge in [-0.05, 0) is 0 Å². The quantitative estimate of drug-likeness (QED) is 0.516. The molecule has 7 nitrogen and oxygen atoms in total. The second-order valence-corrected chi connectivity index (χ2v) is 6.25. The molecule has 23 heavy (non-hydrogen) atoms. The van der Waals surface area contributed by atoms with E-state index in [0.29, 0.717) is 6.42 Å². The zero-order valence-corrected chi connectivity index (χ0v) is 14.4. The van der Waals surface area contributed by atoms with Gasteiger partial charge >= 0.3 is 17.9 Å². The lowest BCUT2D eigenvalue weighted by Gasteiger charge is -2.19. The summed E-state index contributed by atoms with van der Waals surface area (Å²) in [5, 5.41) is 0. The molecule has 0 amide bonds. The van der Waals surface area contributed by atoms with Crippen molar-refractivity contribution in [1.82, 2.24) is 0 Å². The minimum atomic E-state index is -0.552. The fourth-order valence-corrected chi connectivity index (χ4v) is 2.01. The van der Waals surface area contributed by atoms with E-state index in [1.54, 1.807) is 27.7 Å². The summed E-state index contributed by atoms with van der Waals surface area (Å²) in [6, 6.07) is 0. The van der Waals surface area contributed by atoms with E-state index < -0.39 is 18.2 Å². The van der Waals surface area contributed by atoms with E-state index in [4.69, 9.17) is 18.9 Å². The van der Waals surface area contributed by atoms with Crippen LogP contribution in [0.4, 0.5) is 0 Å². The van der Waals surface area contributed by atoms with Gasteiger partial charge in [0.2, 0.25) is 0 Å². The molecule has 0 radical (unpaired) electrons. The molecule has 0 aliphatic carbocycles. The van der Waals surface area contributed by atoms with Gasteiger partial charge in [-0.15, -0.1) is 0 Å². The highest BCUT2D eigenvalue weighted by atomic mass is 16.6. The second-order valence-electron chi connectivity index (χ2n) is 6.25. The number of carbonyl (C=O) groups is 3. The van der Waals surface area contributed by atoms with Gasteiger partial charge in [-0.25, -0.2) is 0 Å². The van der Waals surface area contributed by atoms with E-state index in [2.05, 4.69) is 0 Å². The van der Waals surface area contributed by atoms with Crippen LogP contribution in [0.2, 0.25) is 0 Å². The number of hydrogen-bond donors (Lipinski definition) is 0. The lowest BCUT2D eigenvalue weighted by molar-refractivity contribution is -0.160. The van der Waals surface area contributed by atoms with Gasteiger partial charge in [0, 0.05) is 13.3 Å². The smallest absolute Gasteiger partial charge is 0.308 e. The van der Waals surface area contributed by atoms with Gasteiger partial charge in [-0.2, -0.15) is 0 Å². The SMILES string of the molecule is CC(=O)OC[C@H]1O[C@H](COC(=O)C(C)C)C[C@@H]1OC(=O)C(C)C. The van der Waals surface area contributed by atoms with E-state index in [1.807, 2.05) is 0 Å². The molecule has 0 unspecified atom stereocenters. The molecule has 1 saturated heterocycles. The first kappa shape index (κ1) is 19.4. The maximum absolute atomic E-state index is 11.8. The third-order valence-electron chi connectivity index (χ3n) is 3.35. The summed E-state index contributed by atoms with van der Waals surface area (Å²) in [4.78, 5) is 34.2. The highest BCUT2D eigenvalue weighted by molar-refractivity contribution is 5.72. The summed E-state index contributed by atoms with van der Waals surface area (Å²) in [5.41, 5.74) is 0. The molecule has 0 saturated carbocycles. The average Bonchev–Trinajstić information content (AvgIpc) is 2.84. The average molecular weight is 330 g/mol. The number of rotatable bonds is 7. The Bertz CT molecular complexity index is 430. The molecule has 1 rings (SSSR count). The summed E-state index contributed by atoms with van der Waals surface area (Å²) < 4.78 is 21.2. The second kappa shape index (κ2) is 8.86. The number of carbonyl (C=O) groups excluding carboxylic acids is 3. The molecule has 7 heteroatoms. The first-order chi connectivity index (χ1) is 10.7. The zero-order chi connectivity index (χ0) is 17.6. The molecule has 1 heterocycles. The van der Waals surface area contributed by atoms with Crippen LogP contribution < -0.4 is 0 Å². The van der Waals surface area contributed by atoms with Crippen molar-refractivity contribution in [2.75, 3.05) is 13.2 Å². The predicted octanol–water partition coefficient (Wildman–Crippen LogP) is 1.47. The summed E-state index contributed by atoms with van der Waals surface area (Å²) in [7, 11) is 0. The van der Waals surface area contributed by atoms with Crippen LogP contribution in [0.3, 0.4) is 0 Å². The van der Waals surface area contributed by atoms with Crippen LogP contribution in [0.5, 0.6) is 0 Å². The third-order valence-corrected chi connectivity index (χ3v) is 3.35. The van der Waals surface area contributed by atoms with Gasteiger partial charge in [0.05, 0.1) is 17.9 Å².